The van der Waals surface area contributed by atoms with Crippen LogP contribution in [0.1, 0.15) is 20.8 Å². The summed E-state index contributed by atoms with van der Waals surface area (Å²) in [5.74, 6) is -0.772. The minimum atomic E-state index is -0.354. The summed E-state index contributed by atoms with van der Waals surface area (Å²) in [6, 6.07) is -0.354. The normalized spacial score (nSPS) is 25.3. The number of hydrogen-bond acceptors (Lipinski definition) is 5. The summed E-state index contributed by atoms with van der Waals surface area (Å²) in [5.41, 5.74) is 0. The molecule has 6 nitrogen and oxygen atoms in total. The SMILES string of the molecule is CCOC(=O)C(C)CNC(=O)[C@H]1NCCO[C@@H]1C. The van der Waals surface area contributed by atoms with E-state index in [9.17, 15) is 9.59 Å². The Labute approximate surface area is 107 Å². The van der Waals surface area contributed by atoms with Gasteiger partial charge in [0, 0.05) is 13.1 Å². The first-order valence-electron chi connectivity index (χ1n) is 6.35. The van der Waals surface area contributed by atoms with Crippen LogP contribution in [-0.2, 0) is 19.1 Å². The second kappa shape index (κ2) is 7.33. The fourth-order valence-corrected chi connectivity index (χ4v) is 1.76. The largest absolute Gasteiger partial charge is 0.466 e. The Morgan fingerprint density at radius 3 is 2.89 bits per heavy atom. The number of morpholine rings is 1. The fourth-order valence-electron chi connectivity index (χ4n) is 1.76. The zero-order valence-electron chi connectivity index (χ0n) is 11.2. The van der Waals surface area contributed by atoms with Gasteiger partial charge < -0.3 is 20.1 Å². The summed E-state index contributed by atoms with van der Waals surface area (Å²) in [7, 11) is 0. The van der Waals surface area contributed by atoms with Crippen LogP contribution < -0.4 is 10.6 Å². The number of hydrogen-bond donors (Lipinski definition) is 2. The molecule has 0 aliphatic carbocycles. The number of rotatable bonds is 5. The second-order valence-corrected chi connectivity index (χ2v) is 4.41. The van der Waals surface area contributed by atoms with Gasteiger partial charge in [0.05, 0.1) is 25.2 Å². The molecule has 0 saturated carbocycles. The molecule has 0 spiro atoms. The maximum absolute atomic E-state index is 11.9. The predicted octanol–water partition coefficient (Wildman–Crippen LogP) is -0.321. The average Bonchev–Trinajstić information content (AvgIpc) is 2.36. The predicted molar refractivity (Wildman–Crippen MR) is 66.0 cm³/mol. The summed E-state index contributed by atoms with van der Waals surface area (Å²) in [5, 5.41) is 5.83. The van der Waals surface area contributed by atoms with Gasteiger partial charge in [0.2, 0.25) is 5.91 Å². The van der Waals surface area contributed by atoms with Crippen molar-refractivity contribution in [1.82, 2.24) is 10.6 Å². The Bertz CT molecular complexity index is 296. The maximum Gasteiger partial charge on any atom is 0.310 e. The van der Waals surface area contributed by atoms with Crippen molar-refractivity contribution in [2.24, 2.45) is 5.92 Å². The first-order valence-corrected chi connectivity index (χ1v) is 6.35. The van der Waals surface area contributed by atoms with Crippen LogP contribution in [0.5, 0.6) is 0 Å². The zero-order chi connectivity index (χ0) is 13.5. The molecule has 104 valence electrons. The number of amides is 1. The monoisotopic (exact) mass is 258 g/mol. The number of esters is 1. The molecule has 2 N–H and O–H groups in total. The topological polar surface area (TPSA) is 76.7 Å². The lowest BCUT2D eigenvalue weighted by atomic mass is 10.1. The van der Waals surface area contributed by atoms with Crippen LogP contribution in [0.3, 0.4) is 0 Å². The van der Waals surface area contributed by atoms with Gasteiger partial charge in [-0.1, -0.05) is 6.92 Å². The molecule has 1 saturated heterocycles. The molecule has 0 aromatic rings. The van der Waals surface area contributed by atoms with E-state index in [1.54, 1.807) is 13.8 Å². The fraction of sp³-hybridized carbons (Fsp3) is 0.833. The van der Waals surface area contributed by atoms with Gasteiger partial charge in [0.1, 0.15) is 6.04 Å². The smallest absolute Gasteiger partial charge is 0.310 e. The van der Waals surface area contributed by atoms with Gasteiger partial charge in [-0.05, 0) is 13.8 Å². The Hall–Kier alpha value is -1.14. The Morgan fingerprint density at radius 2 is 2.28 bits per heavy atom. The molecule has 0 aromatic heterocycles. The van der Waals surface area contributed by atoms with Gasteiger partial charge in [-0.15, -0.1) is 0 Å². The van der Waals surface area contributed by atoms with E-state index in [0.717, 1.165) is 0 Å². The van der Waals surface area contributed by atoms with Crippen molar-refractivity contribution in [1.29, 1.82) is 0 Å². The third-order valence-electron chi connectivity index (χ3n) is 2.87. The van der Waals surface area contributed by atoms with Crippen molar-refractivity contribution >= 4 is 11.9 Å². The van der Waals surface area contributed by atoms with Crippen LogP contribution in [0.4, 0.5) is 0 Å². The van der Waals surface area contributed by atoms with E-state index in [0.29, 0.717) is 19.8 Å². The maximum atomic E-state index is 11.9. The van der Waals surface area contributed by atoms with Crippen molar-refractivity contribution in [3.05, 3.63) is 0 Å². The molecule has 1 aliphatic heterocycles. The van der Waals surface area contributed by atoms with Gasteiger partial charge in [-0.2, -0.15) is 0 Å². The van der Waals surface area contributed by atoms with Crippen LogP contribution in [0.25, 0.3) is 0 Å². The van der Waals surface area contributed by atoms with Gasteiger partial charge >= 0.3 is 5.97 Å². The zero-order valence-corrected chi connectivity index (χ0v) is 11.2. The number of carbonyl (C=O) groups is 2. The minimum absolute atomic E-state index is 0.140. The summed E-state index contributed by atoms with van der Waals surface area (Å²) in [4.78, 5) is 23.3. The van der Waals surface area contributed by atoms with E-state index in [2.05, 4.69) is 10.6 Å². The van der Waals surface area contributed by atoms with E-state index in [4.69, 9.17) is 9.47 Å². The van der Waals surface area contributed by atoms with Crippen LogP contribution >= 0.6 is 0 Å². The van der Waals surface area contributed by atoms with E-state index in [-0.39, 0.29) is 36.5 Å². The quantitative estimate of drug-likeness (QED) is 0.661. The standard InChI is InChI=1S/C12H22N2O4/c1-4-17-12(16)8(2)7-14-11(15)10-9(3)18-6-5-13-10/h8-10,13H,4-7H2,1-3H3,(H,14,15)/t8?,9-,10+/m1/s1. The molecule has 1 rings (SSSR count). The summed E-state index contributed by atoms with van der Waals surface area (Å²) >= 11 is 0. The third-order valence-corrected chi connectivity index (χ3v) is 2.87. The van der Waals surface area contributed by atoms with Gasteiger partial charge in [0.25, 0.3) is 0 Å². The summed E-state index contributed by atoms with van der Waals surface area (Å²) in [6.07, 6.45) is -0.156. The van der Waals surface area contributed by atoms with Crippen molar-refractivity contribution in [2.45, 2.75) is 32.9 Å². The third kappa shape index (κ3) is 4.27. The van der Waals surface area contributed by atoms with Crippen molar-refractivity contribution in [3.63, 3.8) is 0 Å². The van der Waals surface area contributed by atoms with E-state index in [1.807, 2.05) is 6.92 Å². The number of ether oxygens (including phenoxy) is 2. The molecule has 0 radical (unpaired) electrons. The van der Waals surface area contributed by atoms with E-state index in [1.165, 1.54) is 0 Å². The van der Waals surface area contributed by atoms with E-state index >= 15 is 0 Å². The molecule has 1 amide bonds. The lowest BCUT2D eigenvalue weighted by Gasteiger charge is -2.29. The molecule has 1 heterocycles. The molecule has 0 bridgehead atoms. The highest BCUT2D eigenvalue weighted by Gasteiger charge is 2.28. The number of nitrogens with one attached hydrogen (secondary N) is 2. The highest BCUT2D eigenvalue weighted by atomic mass is 16.5. The van der Waals surface area contributed by atoms with Crippen molar-refractivity contribution in [3.8, 4) is 0 Å². The molecule has 3 atom stereocenters. The van der Waals surface area contributed by atoms with Crippen LogP contribution in [0.15, 0.2) is 0 Å². The molecule has 1 unspecified atom stereocenters. The Balaban J connectivity index is 2.33. The van der Waals surface area contributed by atoms with Crippen molar-refractivity contribution in [2.75, 3.05) is 26.3 Å². The first-order chi connectivity index (χ1) is 8.56. The molecular weight excluding hydrogens is 236 g/mol. The Kier molecular flexibility index (Phi) is 6.07. The molecule has 6 heteroatoms. The molecule has 1 aliphatic rings. The Morgan fingerprint density at radius 1 is 1.56 bits per heavy atom. The van der Waals surface area contributed by atoms with Gasteiger partial charge in [0.15, 0.2) is 0 Å². The minimum Gasteiger partial charge on any atom is -0.466 e. The van der Waals surface area contributed by atoms with Crippen molar-refractivity contribution < 1.29 is 19.1 Å². The van der Waals surface area contributed by atoms with Gasteiger partial charge in [-0.25, -0.2) is 0 Å². The first kappa shape index (κ1) is 14.9. The lowest BCUT2D eigenvalue weighted by molar-refractivity contribution is -0.147. The second-order valence-electron chi connectivity index (χ2n) is 4.41. The van der Waals surface area contributed by atoms with Crippen LogP contribution in [0.2, 0.25) is 0 Å². The summed E-state index contributed by atoms with van der Waals surface area (Å²) in [6.45, 7) is 7.25. The van der Waals surface area contributed by atoms with Crippen LogP contribution in [-0.4, -0.2) is 50.3 Å². The molecule has 0 aromatic carbocycles. The highest BCUT2D eigenvalue weighted by Crippen LogP contribution is 2.04. The lowest BCUT2D eigenvalue weighted by Crippen LogP contribution is -2.56. The average molecular weight is 258 g/mol. The van der Waals surface area contributed by atoms with Gasteiger partial charge in [-0.3, -0.25) is 9.59 Å². The molecular formula is C12H22N2O4. The summed E-state index contributed by atoms with van der Waals surface area (Å²) < 4.78 is 10.3. The molecule has 1 fully saturated rings. The number of carbonyl (C=O) groups excluding carboxylic acids is 2. The highest BCUT2D eigenvalue weighted by molar-refractivity contribution is 5.83. The van der Waals surface area contributed by atoms with E-state index < -0.39 is 0 Å². The van der Waals surface area contributed by atoms with Crippen LogP contribution in [0, 0.1) is 5.92 Å². The molecule has 18 heavy (non-hydrogen) atoms.